The van der Waals surface area contributed by atoms with E-state index in [9.17, 15) is 4.79 Å². The van der Waals surface area contributed by atoms with Crippen molar-refractivity contribution in [3.63, 3.8) is 0 Å². The van der Waals surface area contributed by atoms with E-state index in [1.165, 1.54) is 0 Å². The molecule has 0 fully saturated rings. The third kappa shape index (κ3) is 4.06. The van der Waals surface area contributed by atoms with E-state index in [0.29, 0.717) is 30.2 Å². The van der Waals surface area contributed by atoms with Gasteiger partial charge in [-0.3, -0.25) is 4.79 Å². The zero-order valence-electron chi connectivity index (χ0n) is 11.7. The quantitative estimate of drug-likeness (QED) is 0.870. The van der Waals surface area contributed by atoms with Gasteiger partial charge in [0.05, 0.1) is 0 Å². The summed E-state index contributed by atoms with van der Waals surface area (Å²) < 4.78 is 6.35. The zero-order valence-corrected chi connectivity index (χ0v) is 13.3. The second kappa shape index (κ2) is 7.24. The lowest BCUT2D eigenvalue weighted by atomic mass is 10.1. The normalized spacial score (nSPS) is 10.2. The van der Waals surface area contributed by atoms with Crippen LogP contribution in [0.3, 0.4) is 0 Å². The molecule has 5 heteroatoms. The number of nitrogens with two attached hydrogens (primary N) is 1. The number of nitrogens with one attached hydrogen (secondary N) is 1. The van der Waals surface area contributed by atoms with E-state index in [1.54, 1.807) is 12.1 Å². The Morgan fingerprint density at radius 2 is 2.05 bits per heavy atom. The van der Waals surface area contributed by atoms with Gasteiger partial charge in [-0.1, -0.05) is 28.1 Å². The Bertz CT molecular complexity index is 644. The number of hydrogen-bond acceptors (Lipinski definition) is 3. The van der Waals surface area contributed by atoms with Gasteiger partial charge in [-0.25, -0.2) is 0 Å². The summed E-state index contributed by atoms with van der Waals surface area (Å²) >= 11 is 3.43. The maximum atomic E-state index is 12.3. The summed E-state index contributed by atoms with van der Waals surface area (Å²) in [6, 6.07) is 12.8. The monoisotopic (exact) mass is 348 g/mol. The third-order valence-electron chi connectivity index (χ3n) is 2.99. The maximum Gasteiger partial charge on any atom is 0.255 e. The van der Waals surface area contributed by atoms with Crippen LogP contribution in [0.4, 0.5) is 5.69 Å². The van der Waals surface area contributed by atoms with Gasteiger partial charge in [-0.05, 0) is 36.8 Å². The summed E-state index contributed by atoms with van der Waals surface area (Å²) in [6.45, 7) is 2.80. The minimum absolute atomic E-state index is 0.148. The average Bonchev–Trinajstić information content (AvgIpc) is 2.48. The van der Waals surface area contributed by atoms with Crippen molar-refractivity contribution >= 4 is 27.5 Å². The van der Waals surface area contributed by atoms with Gasteiger partial charge in [-0.2, -0.15) is 0 Å². The van der Waals surface area contributed by atoms with Gasteiger partial charge in [0, 0.05) is 28.3 Å². The molecule has 110 valence electrons. The molecule has 0 unspecified atom stereocenters. The highest BCUT2D eigenvalue weighted by Crippen LogP contribution is 2.22. The lowest BCUT2D eigenvalue weighted by Gasteiger charge is -2.10. The first-order valence-corrected chi connectivity index (χ1v) is 7.40. The largest absolute Gasteiger partial charge is 0.492 e. The molecule has 2 rings (SSSR count). The number of ether oxygens (including phenoxy) is 1. The average molecular weight is 349 g/mol. The van der Waals surface area contributed by atoms with Crippen LogP contribution >= 0.6 is 15.9 Å². The predicted molar refractivity (Wildman–Crippen MR) is 87.8 cm³/mol. The molecule has 0 aliphatic carbocycles. The standard InChI is InChI=1S/C16H17BrN2O2/c1-11-14(6-3-7-15(11)17)16(20)19-12-4-2-5-13(10-12)21-9-8-18/h2-7,10H,8-9,18H2,1H3,(H,19,20). The molecule has 0 aliphatic rings. The predicted octanol–water partition coefficient (Wildman–Crippen LogP) is 3.35. The van der Waals surface area contributed by atoms with Crippen molar-refractivity contribution in [2.24, 2.45) is 5.73 Å². The highest BCUT2D eigenvalue weighted by atomic mass is 79.9. The molecular weight excluding hydrogens is 332 g/mol. The number of anilines is 1. The lowest BCUT2D eigenvalue weighted by Crippen LogP contribution is -2.14. The summed E-state index contributed by atoms with van der Waals surface area (Å²) in [4.78, 5) is 12.3. The van der Waals surface area contributed by atoms with Gasteiger partial charge in [0.25, 0.3) is 5.91 Å². The maximum absolute atomic E-state index is 12.3. The van der Waals surface area contributed by atoms with Gasteiger partial charge in [0.1, 0.15) is 12.4 Å². The van der Waals surface area contributed by atoms with E-state index in [-0.39, 0.29) is 5.91 Å². The number of halogens is 1. The third-order valence-corrected chi connectivity index (χ3v) is 3.85. The molecule has 2 aromatic carbocycles. The molecule has 0 atom stereocenters. The van der Waals surface area contributed by atoms with E-state index < -0.39 is 0 Å². The molecule has 0 heterocycles. The minimum Gasteiger partial charge on any atom is -0.492 e. The minimum atomic E-state index is -0.148. The number of carbonyl (C=O) groups excluding carboxylic acids is 1. The van der Waals surface area contributed by atoms with Crippen LogP contribution in [0.25, 0.3) is 0 Å². The van der Waals surface area contributed by atoms with Crippen molar-refractivity contribution in [2.45, 2.75) is 6.92 Å². The molecule has 0 aliphatic heterocycles. The second-order valence-electron chi connectivity index (χ2n) is 4.53. The Morgan fingerprint density at radius 1 is 1.29 bits per heavy atom. The summed E-state index contributed by atoms with van der Waals surface area (Å²) in [5, 5.41) is 2.87. The van der Waals surface area contributed by atoms with Crippen molar-refractivity contribution in [1.29, 1.82) is 0 Å². The summed E-state index contributed by atoms with van der Waals surface area (Å²) in [5.74, 6) is 0.536. The number of amides is 1. The van der Waals surface area contributed by atoms with Crippen LogP contribution in [0, 0.1) is 6.92 Å². The molecule has 2 aromatic rings. The summed E-state index contributed by atoms with van der Waals surface area (Å²) in [7, 11) is 0. The molecule has 0 saturated carbocycles. The Kier molecular flexibility index (Phi) is 5.36. The highest BCUT2D eigenvalue weighted by molar-refractivity contribution is 9.10. The van der Waals surface area contributed by atoms with Crippen molar-refractivity contribution in [3.8, 4) is 5.75 Å². The van der Waals surface area contributed by atoms with Crippen molar-refractivity contribution in [2.75, 3.05) is 18.5 Å². The molecule has 0 spiro atoms. The molecule has 3 N–H and O–H groups in total. The first kappa shape index (κ1) is 15.5. The van der Waals surface area contributed by atoms with Gasteiger partial charge in [0.2, 0.25) is 0 Å². The van der Waals surface area contributed by atoms with E-state index in [0.717, 1.165) is 10.0 Å². The fourth-order valence-corrected chi connectivity index (χ4v) is 2.26. The highest BCUT2D eigenvalue weighted by Gasteiger charge is 2.11. The molecule has 0 saturated heterocycles. The fourth-order valence-electron chi connectivity index (χ4n) is 1.89. The van der Waals surface area contributed by atoms with Gasteiger partial charge in [0.15, 0.2) is 0 Å². The van der Waals surface area contributed by atoms with Crippen LogP contribution < -0.4 is 15.8 Å². The number of carbonyl (C=O) groups is 1. The topological polar surface area (TPSA) is 64.3 Å². The molecule has 21 heavy (non-hydrogen) atoms. The van der Waals surface area contributed by atoms with E-state index in [1.807, 2.05) is 37.3 Å². The van der Waals surface area contributed by atoms with E-state index >= 15 is 0 Å². The van der Waals surface area contributed by atoms with Crippen LogP contribution in [0.2, 0.25) is 0 Å². The van der Waals surface area contributed by atoms with Crippen molar-refractivity contribution in [3.05, 3.63) is 58.1 Å². The van der Waals surface area contributed by atoms with Crippen LogP contribution in [0.15, 0.2) is 46.9 Å². The SMILES string of the molecule is Cc1c(Br)cccc1C(=O)Nc1cccc(OCCN)c1. The smallest absolute Gasteiger partial charge is 0.255 e. The van der Waals surface area contributed by atoms with Crippen LogP contribution in [-0.4, -0.2) is 19.1 Å². The Hall–Kier alpha value is -1.85. The molecule has 0 bridgehead atoms. The van der Waals surface area contributed by atoms with Crippen LogP contribution in [-0.2, 0) is 0 Å². The van der Waals surface area contributed by atoms with Crippen LogP contribution in [0.5, 0.6) is 5.75 Å². The molecular formula is C16H17BrN2O2. The van der Waals surface area contributed by atoms with Crippen molar-refractivity contribution < 1.29 is 9.53 Å². The first-order valence-electron chi connectivity index (χ1n) is 6.61. The van der Waals surface area contributed by atoms with Gasteiger partial charge < -0.3 is 15.8 Å². The van der Waals surface area contributed by atoms with Gasteiger partial charge in [-0.15, -0.1) is 0 Å². The fraction of sp³-hybridized carbons (Fsp3) is 0.188. The molecule has 0 aromatic heterocycles. The second-order valence-corrected chi connectivity index (χ2v) is 5.39. The number of hydrogen-bond donors (Lipinski definition) is 2. The Morgan fingerprint density at radius 3 is 2.81 bits per heavy atom. The zero-order chi connectivity index (χ0) is 15.2. The summed E-state index contributed by atoms with van der Waals surface area (Å²) in [5.41, 5.74) is 7.64. The Balaban J connectivity index is 2.14. The van der Waals surface area contributed by atoms with Crippen LogP contribution in [0.1, 0.15) is 15.9 Å². The van der Waals surface area contributed by atoms with Crippen molar-refractivity contribution in [1.82, 2.24) is 0 Å². The Labute approximate surface area is 132 Å². The van der Waals surface area contributed by atoms with Gasteiger partial charge >= 0.3 is 0 Å². The molecule has 0 radical (unpaired) electrons. The first-order chi connectivity index (χ1) is 10.1. The molecule has 4 nitrogen and oxygen atoms in total. The number of benzene rings is 2. The summed E-state index contributed by atoms with van der Waals surface area (Å²) in [6.07, 6.45) is 0. The van der Waals surface area contributed by atoms with E-state index in [2.05, 4.69) is 21.2 Å². The lowest BCUT2D eigenvalue weighted by molar-refractivity contribution is 0.102. The van der Waals surface area contributed by atoms with E-state index in [4.69, 9.17) is 10.5 Å². The molecule has 1 amide bonds. The number of rotatable bonds is 5.